The van der Waals surface area contributed by atoms with Crippen LogP contribution in [0.2, 0.25) is 5.02 Å². The van der Waals surface area contributed by atoms with Crippen molar-refractivity contribution in [2.24, 2.45) is 0 Å². The summed E-state index contributed by atoms with van der Waals surface area (Å²) in [5.74, 6) is -0.191. The molecule has 2 aromatic rings. The van der Waals surface area contributed by atoms with E-state index in [2.05, 4.69) is 5.32 Å². The van der Waals surface area contributed by atoms with Crippen LogP contribution in [0.5, 0.6) is 0 Å². The van der Waals surface area contributed by atoms with Crippen molar-refractivity contribution in [2.45, 2.75) is 13.0 Å². The minimum atomic E-state index is -0.832. The van der Waals surface area contributed by atoms with E-state index in [1.807, 2.05) is 30.3 Å². The SMILES string of the molecule is CC(=O)Nc1ccc(Cl)cc1[C@H](O)c1ccccc1. The molecular formula is C15H14ClNO2. The standard InChI is InChI=1S/C15H14ClNO2/c1-10(18)17-14-8-7-12(16)9-13(14)15(19)11-5-3-2-4-6-11/h2-9,15,19H,1H3,(H,17,18)/t15-/m1/s1. The van der Waals surface area contributed by atoms with Gasteiger partial charge in [-0.05, 0) is 23.8 Å². The molecule has 0 heterocycles. The van der Waals surface area contributed by atoms with Gasteiger partial charge < -0.3 is 10.4 Å². The van der Waals surface area contributed by atoms with Crippen molar-refractivity contribution in [2.75, 3.05) is 5.32 Å². The first-order valence-electron chi connectivity index (χ1n) is 5.88. The highest BCUT2D eigenvalue weighted by atomic mass is 35.5. The molecule has 0 fully saturated rings. The highest BCUT2D eigenvalue weighted by Crippen LogP contribution is 2.30. The van der Waals surface area contributed by atoms with Gasteiger partial charge in [0.1, 0.15) is 6.10 Å². The molecule has 1 amide bonds. The van der Waals surface area contributed by atoms with Gasteiger partial charge in [0.15, 0.2) is 0 Å². The molecule has 0 unspecified atom stereocenters. The second-order valence-corrected chi connectivity index (χ2v) is 4.66. The van der Waals surface area contributed by atoms with E-state index in [9.17, 15) is 9.90 Å². The molecule has 98 valence electrons. The van der Waals surface area contributed by atoms with Gasteiger partial charge in [0.2, 0.25) is 5.91 Å². The molecule has 2 N–H and O–H groups in total. The Hall–Kier alpha value is -1.84. The lowest BCUT2D eigenvalue weighted by Gasteiger charge is -2.16. The van der Waals surface area contributed by atoms with Crippen molar-refractivity contribution in [3.63, 3.8) is 0 Å². The maximum absolute atomic E-state index is 11.2. The minimum Gasteiger partial charge on any atom is -0.384 e. The molecule has 0 aliphatic carbocycles. The number of carbonyl (C=O) groups excluding carboxylic acids is 1. The average molecular weight is 276 g/mol. The summed E-state index contributed by atoms with van der Waals surface area (Å²) in [4.78, 5) is 11.2. The molecule has 4 heteroatoms. The van der Waals surface area contributed by atoms with Crippen molar-refractivity contribution < 1.29 is 9.90 Å². The maximum Gasteiger partial charge on any atom is 0.221 e. The van der Waals surface area contributed by atoms with Gasteiger partial charge in [-0.25, -0.2) is 0 Å². The van der Waals surface area contributed by atoms with Gasteiger partial charge >= 0.3 is 0 Å². The first kappa shape index (κ1) is 13.6. The zero-order valence-electron chi connectivity index (χ0n) is 10.4. The molecule has 2 aromatic carbocycles. The van der Waals surface area contributed by atoms with E-state index in [1.165, 1.54) is 6.92 Å². The van der Waals surface area contributed by atoms with Crippen molar-refractivity contribution >= 4 is 23.2 Å². The molecule has 19 heavy (non-hydrogen) atoms. The molecule has 0 spiro atoms. The van der Waals surface area contributed by atoms with Crippen LogP contribution in [0, 0.1) is 0 Å². The van der Waals surface area contributed by atoms with Crippen LogP contribution in [0.1, 0.15) is 24.2 Å². The van der Waals surface area contributed by atoms with Gasteiger partial charge in [0.25, 0.3) is 0 Å². The Labute approximate surface area is 116 Å². The van der Waals surface area contributed by atoms with Crippen molar-refractivity contribution in [3.05, 3.63) is 64.7 Å². The zero-order chi connectivity index (χ0) is 13.8. The molecule has 2 rings (SSSR count). The number of nitrogens with one attached hydrogen (secondary N) is 1. The fourth-order valence-electron chi connectivity index (χ4n) is 1.88. The summed E-state index contributed by atoms with van der Waals surface area (Å²) in [6.45, 7) is 1.42. The lowest BCUT2D eigenvalue weighted by Crippen LogP contribution is -2.10. The summed E-state index contributed by atoms with van der Waals surface area (Å²) in [6.07, 6.45) is -0.832. The van der Waals surface area contributed by atoms with Crippen LogP contribution >= 0.6 is 11.6 Å². The molecule has 0 radical (unpaired) electrons. The number of aliphatic hydroxyl groups is 1. The summed E-state index contributed by atoms with van der Waals surface area (Å²) in [7, 11) is 0. The smallest absolute Gasteiger partial charge is 0.221 e. The van der Waals surface area contributed by atoms with Crippen LogP contribution in [0.4, 0.5) is 5.69 Å². The van der Waals surface area contributed by atoms with Crippen LogP contribution < -0.4 is 5.32 Å². The van der Waals surface area contributed by atoms with Gasteiger partial charge in [0.05, 0.1) is 0 Å². The monoisotopic (exact) mass is 275 g/mol. The number of anilines is 1. The molecule has 0 saturated heterocycles. The van der Waals surface area contributed by atoms with Crippen molar-refractivity contribution in [1.29, 1.82) is 0 Å². The predicted molar refractivity (Wildman–Crippen MR) is 76.3 cm³/mol. The van der Waals surface area contributed by atoms with Crippen LogP contribution in [0.3, 0.4) is 0 Å². The van der Waals surface area contributed by atoms with E-state index in [-0.39, 0.29) is 5.91 Å². The van der Waals surface area contributed by atoms with E-state index < -0.39 is 6.10 Å². The first-order chi connectivity index (χ1) is 9.08. The lowest BCUT2D eigenvalue weighted by molar-refractivity contribution is -0.114. The first-order valence-corrected chi connectivity index (χ1v) is 6.26. The third-order valence-corrected chi connectivity index (χ3v) is 2.97. The van der Waals surface area contributed by atoms with Gasteiger partial charge in [-0.1, -0.05) is 41.9 Å². The van der Waals surface area contributed by atoms with Crippen LogP contribution in [0.25, 0.3) is 0 Å². The highest BCUT2D eigenvalue weighted by Gasteiger charge is 2.15. The van der Waals surface area contributed by atoms with Crippen molar-refractivity contribution in [1.82, 2.24) is 0 Å². The van der Waals surface area contributed by atoms with Crippen LogP contribution in [-0.4, -0.2) is 11.0 Å². The van der Waals surface area contributed by atoms with Gasteiger partial charge in [0, 0.05) is 23.2 Å². The summed E-state index contributed by atoms with van der Waals surface area (Å²) in [5.41, 5.74) is 1.89. The Morgan fingerprint density at radius 3 is 2.53 bits per heavy atom. The lowest BCUT2D eigenvalue weighted by atomic mass is 10.00. The Morgan fingerprint density at radius 1 is 1.21 bits per heavy atom. The van der Waals surface area contributed by atoms with E-state index in [0.717, 1.165) is 5.56 Å². The van der Waals surface area contributed by atoms with E-state index in [1.54, 1.807) is 18.2 Å². The highest BCUT2D eigenvalue weighted by molar-refractivity contribution is 6.30. The third kappa shape index (κ3) is 3.34. The summed E-state index contributed by atoms with van der Waals surface area (Å²) >= 11 is 5.96. The van der Waals surface area contributed by atoms with Gasteiger partial charge in [-0.15, -0.1) is 0 Å². The molecule has 0 aromatic heterocycles. The quantitative estimate of drug-likeness (QED) is 0.902. The molecule has 3 nitrogen and oxygen atoms in total. The topological polar surface area (TPSA) is 49.3 Å². The number of hydrogen-bond donors (Lipinski definition) is 2. The third-order valence-electron chi connectivity index (χ3n) is 2.73. The second kappa shape index (κ2) is 5.87. The van der Waals surface area contributed by atoms with Crippen molar-refractivity contribution in [3.8, 4) is 0 Å². The van der Waals surface area contributed by atoms with E-state index in [0.29, 0.717) is 16.3 Å². The van der Waals surface area contributed by atoms with Gasteiger partial charge in [-0.3, -0.25) is 4.79 Å². The molecular weight excluding hydrogens is 262 g/mol. The zero-order valence-corrected chi connectivity index (χ0v) is 11.2. The Bertz CT molecular complexity index is 584. The largest absolute Gasteiger partial charge is 0.384 e. The molecule has 0 bridgehead atoms. The van der Waals surface area contributed by atoms with Crippen LogP contribution in [0.15, 0.2) is 48.5 Å². The molecule has 0 aliphatic rings. The minimum absolute atomic E-state index is 0.191. The number of rotatable bonds is 3. The average Bonchev–Trinajstić information content (AvgIpc) is 2.40. The van der Waals surface area contributed by atoms with Crippen LogP contribution in [-0.2, 0) is 4.79 Å². The van der Waals surface area contributed by atoms with E-state index >= 15 is 0 Å². The fourth-order valence-corrected chi connectivity index (χ4v) is 2.06. The number of halogens is 1. The molecule has 0 aliphatic heterocycles. The second-order valence-electron chi connectivity index (χ2n) is 4.23. The number of benzene rings is 2. The maximum atomic E-state index is 11.2. The summed E-state index contributed by atoms with van der Waals surface area (Å²) in [5, 5.41) is 13.6. The molecule has 1 atom stereocenters. The number of carbonyl (C=O) groups is 1. The van der Waals surface area contributed by atoms with E-state index in [4.69, 9.17) is 11.6 Å². The number of amides is 1. The Balaban J connectivity index is 2.42. The Morgan fingerprint density at radius 2 is 1.89 bits per heavy atom. The number of hydrogen-bond acceptors (Lipinski definition) is 2. The molecule has 0 saturated carbocycles. The predicted octanol–water partition coefficient (Wildman–Crippen LogP) is 3.38. The Kier molecular flexibility index (Phi) is 4.20. The normalized spacial score (nSPS) is 11.9. The summed E-state index contributed by atoms with van der Waals surface area (Å²) in [6, 6.07) is 14.2. The number of aliphatic hydroxyl groups excluding tert-OH is 1. The van der Waals surface area contributed by atoms with Gasteiger partial charge in [-0.2, -0.15) is 0 Å². The summed E-state index contributed by atoms with van der Waals surface area (Å²) < 4.78 is 0. The fraction of sp³-hybridized carbons (Fsp3) is 0.133.